The first-order valence-corrected chi connectivity index (χ1v) is 11.6. The molecule has 7 nitrogen and oxygen atoms in total. The summed E-state index contributed by atoms with van der Waals surface area (Å²) in [7, 11) is 0. The van der Waals surface area contributed by atoms with Crippen LogP contribution >= 0.6 is 0 Å². The summed E-state index contributed by atoms with van der Waals surface area (Å²) in [4.78, 5) is 27.9. The van der Waals surface area contributed by atoms with E-state index in [4.69, 9.17) is 4.74 Å². The van der Waals surface area contributed by atoms with Crippen molar-refractivity contribution in [2.75, 3.05) is 31.1 Å². The number of amides is 1. The molecule has 35 heavy (non-hydrogen) atoms. The average molecular weight is 478 g/mol. The number of pyridine rings is 1. The number of carbonyl (C=O) groups excluding carboxylic acids is 2. The Morgan fingerprint density at radius 1 is 1.11 bits per heavy atom. The number of hydrogen-bond acceptors (Lipinski definition) is 5. The van der Waals surface area contributed by atoms with Crippen molar-refractivity contribution in [1.29, 1.82) is 0 Å². The molecule has 0 atom stereocenters. The summed E-state index contributed by atoms with van der Waals surface area (Å²) in [6.45, 7) is 6.84. The second-order valence-electron chi connectivity index (χ2n) is 8.80. The molecule has 2 heterocycles. The third-order valence-corrected chi connectivity index (χ3v) is 5.91. The number of ketones is 1. The topological polar surface area (TPSA) is 76.8 Å². The number of hydrogen-bond donors (Lipinski definition) is 0. The van der Waals surface area contributed by atoms with E-state index in [-0.39, 0.29) is 45.7 Å². The van der Waals surface area contributed by atoms with E-state index >= 15 is 4.39 Å². The van der Waals surface area contributed by atoms with E-state index in [2.05, 4.69) is 0 Å². The summed E-state index contributed by atoms with van der Waals surface area (Å²) in [5.74, 6) is -0.802. The zero-order valence-electron chi connectivity index (χ0n) is 20.0. The van der Waals surface area contributed by atoms with Gasteiger partial charge in [0.1, 0.15) is 5.69 Å². The highest BCUT2D eigenvalue weighted by molar-refractivity contribution is 6.08. The van der Waals surface area contributed by atoms with Crippen molar-refractivity contribution in [1.82, 2.24) is 4.90 Å². The van der Waals surface area contributed by atoms with Crippen molar-refractivity contribution in [3.63, 3.8) is 0 Å². The monoisotopic (exact) mass is 477 g/mol. The number of benzene rings is 2. The number of ether oxygens (including phenoxy) is 1. The molecule has 0 bridgehead atoms. The fourth-order valence-electron chi connectivity index (χ4n) is 4.21. The number of aromatic nitrogens is 1. The fraction of sp³-hybridized carbons (Fsp3) is 0.296. The Morgan fingerprint density at radius 2 is 1.80 bits per heavy atom. The standard InChI is InChI=1S/C27H28FN3O4/c1-18(2)35-27-25-21(16-23(28)26(27)30-13-11-29(12-14-30)19(3)32)15-22(17-31(25)34)24(33)10-9-20-7-5-4-6-8-20/h4-10,15-18H,11-14H2,1-3H3. The van der Waals surface area contributed by atoms with E-state index in [1.54, 1.807) is 29.7 Å². The summed E-state index contributed by atoms with van der Waals surface area (Å²) >= 11 is 0. The molecule has 182 valence electrons. The maximum absolute atomic E-state index is 15.5. The van der Waals surface area contributed by atoms with Gasteiger partial charge in [-0.2, -0.15) is 4.73 Å². The third kappa shape index (κ3) is 5.26. The maximum Gasteiger partial charge on any atom is 0.268 e. The minimum atomic E-state index is -0.547. The molecule has 2 aromatic carbocycles. The first-order chi connectivity index (χ1) is 16.7. The number of anilines is 1. The van der Waals surface area contributed by atoms with Gasteiger partial charge >= 0.3 is 0 Å². The molecule has 1 aromatic heterocycles. The summed E-state index contributed by atoms with van der Waals surface area (Å²) in [5.41, 5.74) is 1.36. The van der Waals surface area contributed by atoms with Crippen LogP contribution in [-0.4, -0.2) is 48.9 Å². The molecule has 1 amide bonds. The Bertz CT molecular complexity index is 1280. The molecule has 1 fully saturated rings. The van der Waals surface area contributed by atoms with Gasteiger partial charge in [-0.25, -0.2) is 4.39 Å². The highest BCUT2D eigenvalue weighted by Gasteiger charge is 2.29. The van der Waals surface area contributed by atoms with Gasteiger partial charge < -0.3 is 19.7 Å². The molecule has 3 aromatic rings. The first-order valence-electron chi connectivity index (χ1n) is 11.6. The van der Waals surface area contributed by atoms with Gasteiger partial charge in [0, 0.05) is 33.1 Å². The van der Waals surface area contributed by atoms with Crippen molar-refractivity contribution in [3.8, 4) is 5.75 Å². The van der Waals surface area contributed by atoms with Gasteiger partial charge in [0.15, 0.2) is 17.8 Å². The molecule has 0 aliphatic carbocycles. The van der Waals surface area contributed by atoms with Crippen molar-refractivity contribution < 1.29 is 23.4 Å². The molecule has 1 aliphatic rings. The van der Waals surface area contributed by atoms with Crippen LogP contribution in [0.1, 0.15) is 36.7 Å². The molecule has 1 saturated heterocycles. The molecule has 0 spiro atoms. The summed E-state index contributed by atoms with van der Waals surface area (Å²) in [6.07, 6.45) is 3.94. The van der Waals surface area contributed by atoms with Gasteiger partial charge in [-0.05, 0) is 37.6 Å². The molecule has 0 radical (unpaired) electrons. The minimum absolute atomic E-state index is 0.0294. The van der Waals surface area contributed by atoms with Gasteiger partial charge in [0.05, 0.1) is 17.1 Å². The van der Waals surface area contributed by atoms with E-state index in [0.717, 1.165) is 5.56 Å². The van der Waals surface area contributed by atoms with Gasteiger partial charge in [0.25, 0.3) is 5.52 Å². The molecule has 0 N–H and O–H groups in total. The number of halogens is 1. The smallest absolute Gasteiger partial charge is 0.268 e. The zero-order valence-corrected chi connectivity index (χ0v) is 20.0. The van der Waals surface area contributed by atoms with E-state index in [1.165, 1.54) is 31.3 Å². The third-order valence-electron chi connectivity index (χ3n) is 5.91. The van der Waals surface area contributed by atoms with Crippen LogP contribution in [0.4, 0.5) is 10.1 Å². The highest BCUT2D eigenvalue weighted by Crippen LogP contribution is 2.39. The normalized spacial score (nSPS) is 14.2. The molecule has 1 aliphatic heterocycles. The SMILES string of the molecule is CC(=O)N1CCN(c2c(F)cc3cc(C(=O)C=Cc4ccccc4)c[n+]([O-])c3c2OC(C)C)CC1. The van der Waals surface area contributed by atoms with Crippen LogP contribution in [0.15, 0.2) is 54.7 Å². The second kappa shape index (κ2) is 10.1. The van der Waals surface area contributed by atoms with E-state index in [9.17, 15) is 14.8 Å². The number of allylic oxidation sites excluding steroid dienone is 1. The van der Waals surface area contributed by atoms with Gasteiger partial charge in [-0.15, -0.1) is 0 Å². The predicted octanol–water partition coefficient (Wildman–Crippen LogP) is 3.96. The number of nitrogens with zero attached hydrogens (tertiary/aromatic N) is 3. The van der Waals surface area contributed by atoms with Crippen LogP contribution in [0.3, 0.4) is 0 Å². The largest absolute Gasteiger partial charge is 0.618 e. The van der Waals surface area contributed by atoms with Crippen LogP contribution < -0.4 is 14.4 Å². The fourth-order valence-corrected chi connectivity index (χ4v) is 4.21. The lowest BCUT2D eigenvalue weighted by molar-refractivity contribution is -0.577. The van der Waals surface area contributed by atoms with Gasteiger partial charge in [0.2, 0.25) is 11.7 Å². The van der Waals surface area contributed by atoms with Gasteiger partial charge in [-0.1, -0.05) is 36.4 Å². The highest BCUT2D eigenvalue weighted by atomic mass is 19.1. The minimum Gasteiger partial charge on any atom is -0.618 e. The van der Waals surface area contributed by atoms with E-state index < -0.39 is 5.82 Å². The molecule has 0 unspecified atom stereocenters. The number of fused-ring (bicyclic) bond motifs is 1. The van der Waals surface area contributed by atoms with Crippen LogP contribution in [0, 0.1) is 11.0 Å². The number of carbonyl (C=O) groups is 2. The van der Waals surface area contributed by atoms with Crippen LogP contribution in [0.2, 0.25) is 0 Å². The van der Waals surface area contributed by atoms with Crippen molar-refractivity contribution in [2.45, 2.75) is 26.9 Å². The Hall–Kier alpha value is -3.94. The quantitative estimate of drug-likeness (QED) is 0.232. The van der Waals surface area contributed by atoms with Crippen LogP contribution in [-0.2, 0) is 4.79 Å². The van der Waals surface area contributed by atoms with Crippen molar-refractivity contribution >= 4 is 34.4 Å². The molecular weight excluding hydrogens is 449 g/mol. The predicted molar refractivity (Wildman–Crippen MR) is 133 cm³/mol. The van der Waals surface area contributed by atoms with E-state index in [1.807, 2.05) is 30.3 Å². The Balaban J connectivity index is 1.74. The zero-order chi connectivity index (χ0) is 25.1. The molecular formula is C27H28FN3O4. The second-order valence-corrected chi connectivity index (χ2v) is 8.80. The molecule has 4 rings (SSSR count). The summed E-state index contributed by atoms with van der Waals surface area (Å²) < 4.78 is 22.0. The van der Waals surface area contributed by atoms with Crippen LogP contribution in [0.25, 0.3) is 17.0 Å². The Kier molecular flexibility index (Phi) is 7.00. The average Bonchev–Trinajstić information content (AvgIpc) is 2.82. The lowest BCUT2D eigenvalue weighted by Crippen LogP contribution is -2.48. The lowest BCUT2D eigenvalue weighted by Gasteiger charge is -2.36. The number of rotatable bonds is 6. The van der Waals surface area contributed by atoms with E-state index in [0.29, 0.717) is 30.9 Å². The van der Waals surface area contributed by atoms with Crippen LogP contribution in [0.5, 0.6) is 5.75 Å². The van der Waals surface area contributed by atoms with Crippen molar-refractivity contribution in [3.05, 3.63) is 76.9 Å². The molecule has 0 saturated carbocycles. The van der Waals surface area contributed by atoms with Crippen molar-refractivity contribution in [2.24, 2.45) is 0 Å². The summed E-state index contributed by atoms with van der Waals surface area (Å²) in [6, 6.07) is 12.1. The van der Waals surface area contributed by atoms with Gasteiger partial charge in [-0.3, -0.25) is 9.59 Å². The Labute approximate surface area is 203 Å². The maximum atomic E-state index is 15.5. The first kappa shape index (κ1) is 24.2. The number of piperazine rings is 1. The lowest BCUT2D eigenvalue weighted by atomic mass is 10.1. The Morgan fingerprint density at radius 3 is 2.43 bits per heavy atom. The summed E-state index contributed by atoms with van der Waals surface area (Å²) in [5, 5.41) is 13.4. The molecule has 8 heteroatoms.